The number of ether oxygens (including phenoxy) is 3. The molecule has 148 valence electrons. The van der Waals surface area contributed by atoms with E-state index >= 15 is 0 Å². The van der Waals surface area contributed by atoms with Crippen LogP contribution in [0, 0.1) is 6.92 Å². The lowest BCUT2D eigenvalue weighted by Crippen LogP contribution is -2.51. The Hall–Kier alpha value is -2.73. The van der Waals surface area contributed by atoms with Gasteiger partial charge in [0, 0.05) is 32.7 Å². The Kier molecular flexibility index (Phi) is 5.39. The summed E-state index contributed by atoms with van der Waals surface area (Å²) in [7, 11) is 0. The second-order valence-corrected chi connectivity index (χ2v) is 7.37. The summed E-state index contributed by atoms with van der Waals surface area (Å²) in [5.74, 6) is 2.40. The van der Waals surface area contributed by atoms with Gasteiger partial charge < -0.3 is 19.1 Å². The molecular weight excluding hydrogens is 356 g/mol. The quantitative estimate of drug-likeness (QED) is 0.796. The van der Waals surface area contributed by atoms with Crippen LogP contribution in [0.4, 0.5) is 0 Å². The van der Waals surface area contributed by atoms with Crippen molar-refractivity contribution >= 4 is 5.91 Å². The van der Waals surface area contributed by atoms with Gasteiger partial charge in [0.1, 0.15) is 5.75 Å². The fourth-order valence-electron chi connectivity index (χ4n) is 3.62. The summed E-state index contributed by atoms with van der Waals surface area (Å²) in [4.78, 5) is 17.0. The Morgan fingerprint density at radius 3 is 2.64 bits per heavy atom. The fraction of sp³-hybridized carbons (Fsp3) is 0.409. The maximum Gasteiger partial charge on any atom is 0.263 e. The molecule has 28 heavy (non-hydrogen) atoms. The van der Waals surface area contributed by atoms with Crippen molar-refractivity contribution in [1.82, 2.24) is 9.80 Å². The number of benzene rings is 2. The second kappa shape index (κ2) is 8.10. The lowest BCUT2D eigenvalue weighted by molar-refractivity contribution is -0.139. The molecule has 1 atom stereocenters. The Labute approximate surface area is 165 Å². The molecule has 0 radical (unpaired) electrons. The molecule has 2 aliphatic heterocycles. The molecule has 2 aliphatic rings. The highest BCUT2D eigenvalue weighted by atomic mass is 16.7. The van der Waals surface area contributed by atoms with Gasteiger partial charge in [-0.05, 0) is 49.2 Å². The third-order valence-corrected chi connectivity index (χ3v) is 5.18. The average molecular weight is 382 g/mol. The van der Waals surface area contributed by atoms with Crippen LogP contribution in [0.5, 0.6) is 17.2 Å². The van der Waals surface area contributed by atoms with E-state index in [9.17, 15) is 4.79 Å². The maximum absolute atomic E-state index is 12.7. The highest BCUT2D eigenvalue weighted by Gasteiger charge is 2.26. The zero-order valence-corrected chi connectivity index (χ0v) is 16.4. The zero-order chi connectivity index (χ0) is 19.5. The molecule has 0 spiro atoms. The minimum Gasteiger partial charge on any atom is -0.481 e. The number of nitrogens with zero attached hydrogens (tertiary/aromatic N) is 2. The van der Waals surface area contributed by atoms with Gasteiger partial charge in [-0.2, -0.15) is 0 Å². The molecule has 6 heteroatoms. The van der Waals surface area contributed by atoms with Crippen molar-refractivity contribution in [3.63, 3.8) is 0 Å². The summed E-state index contributed by atoms with van der Waals surface area (Å²) in [6.45, 7) is 8.09. The van der Waals surface area contributed by atoms with Crippen molar-refractivity contribution in [3.05, 3.63) is 53.6 Å². The number of rotatable bonds is 5. The number of carbonyl (C=O) groups is 1. The first-order chi connectivity index (χ1) is 13.6. The van der Waals surface area contributed by atoms with E-state index in [4.69, 9.17) is 14.2 Å². The number of aryl methyl sites for hydroxylation is 1. The van der Waals surface area contributed by atoms with E-state index in [0.29, 0.717) is 19.9 Å². The summed E-state index contributed by atoms with van der Waals surface area (Å²) in [6.07, 6.45) is -0.484. The zero-order valence-electron chi connectivity index (χ0n) is 16.4. The number of piperazine rings is 1. The fourth-order valence-corrected chi connectivity index (χ4v) is 3.62. The van der Waals surface area contributed by atoms with Crippen LogP contribution in [-0.4, -0.2) is 54.8 Å². The largest absolute Gasteiger partial charge is 0.481 e. The topological polar surface area (TPSA) is 51.2 Å². The Bertz CT molecular complexity index is 846. The maximum atomic E-state index is 12.7. The van der Waals surface area contributed by atoms with Gasteiger partial charge in [-0.3, -0.25) is 9.69 Å². The first-order valence-corrected chi connectivity index (χ1v) is 9.71. The van der Waals surface area contributed by atoms with Gasteiger partial charge in [-0.15, -0.1) is 0 Å². The SMILES string of the molecule is Cc1cccc(O[C@H](C)C(=O)N2CCN(Cc3ccc4c(c3)OCO4)CC2)c1. The molecule has 4 rings (SSSR count). The predicted octanol–water partition coefficient (Wildman–Crippen LogP) is 2.84. The third-order valence-electron chi connectivity index (χ3n) is 5.18. The first kappa shape index (κ1) is 18.6. The number of carbonyl (C=O) groups excluding carboxylic acids is 1. The Balaban J connectivity index is 1.28. The predicted molar refractivity (Wildman–Crippen MR) is 106 cm³/mol. The molecule has 0 N–H and O–H groups in total. The molecule has 1 fully saturated rings. The van der Waals surface area contributed by atoms with Crippen molar-refractivity contribution in [2.75, 3.05) is 33.0 Å². The summed E-state index contributed by atoms with van der Waals surface area (Å²) < 4.78 is 16.7. The average Bonchev–Trinajstić information content (AvgIpc) is 3.16. The van der Waals surface area contributed by atoms with Gasteiger partial charge in [0.05, 0.1) is 0 Å². The summed E-state index contributed by atoms with van der Waals surface area (Å²) in [6, 6.07) is 13.9. The van der Waals surface area contributed by atoms with Gasteiger partial charge in [0.2, 0.25) is 6.79 Å². The molecule has 0 saturated carbocycles. The van der Waals surface area contributed by atoms with E-state index in [2.05, 4.69) is 11.0 Å². The highest BCUT2D eigenvalue weighted by molar-refractivity contribution is 5.81. The van der Waals surface area contributed by atoms with E-state index in [1.807, 2.05) is 55.1 Å². The van der Waals surface area contributed by atoms with Crippen molar-refractivity contribution in [2.24, 2.45) is 0 Å². The summed E-state index contributed by atoms with van der Waals surface area (Å²) in [5, 5.41) is 0. The van der Waals surface area contributed by atoms with Crippen molar-refractivity contribution < 1.29 is 19.0 Å². The molecule has 6 nitrogen and oxygen atoms in total. The highest BCUT2D eigenvalue weighted by Crippen LogP contribution is 2.32. The standard InChI is InChI=1S/C22H26N2O4/c1-16-4-3-5-19(12-16)28-17(2)22(25)24-10-8-23(9-11-24)14-18-6-7-20-21(13-18)27-15-26-20/h3-7,12-13,17H,8-11,14-15H2,1-2H3/t17-/m1/s1. The summed E-state index contributed by atoms with van der Waals surface area (Å²) >= 11 is 0. The molecule has 0 aliphatic carbocycles. The van der Waals surface area contributed by atoms with Crippen LogP contribution >= 0.6 is 0 Å². The molecule has 0 bridgehead atoms. The van der Waals surface area contributed by atoms with Gasteiger partial charge in [0.15, 0.2) is 17.6 Å². The van der Waals surface area contributed by atoms with Crippen LogP contribution in [0.2, 0.25) is 0 Å². The number of fused-ring (bicyclic) bond motifs is 1. The summed E-state index contributed by atoms with van der Waals surface area (Å²) in [5.41, 5.74) is 2.31. The third kappa shape index (κ3) is 4.22. The number of hydrogen-bond donors (Lipinski definition) is 0. The van der Waals surface area contributed by atoms with Gasteiger partial charge in [-0.25, -0.2) is 0 Å². The van der Waals surface area contributed by atoms with Gasteiger partial charge >= 0.3 is 0 Å². The van der Waals surface area contributed by atoms with Gasteiger partial charge in [0.25, 0.3) is 5.91 Å². The van der Waals surface area contributed by atoms with Crippen molar-refractivity contribution in [3.8, 4) is 17.2 Å². The van der Waals surface area contributed by atoms with E-state index in [1.54, 1.807) is 0 Å². The monoisotopic (exact) mass is 382 g/mol. The van der Waals surface area contributed by atoms with Crippen LogP contribution in [0.15, 0.2) is 42.5 Å². The van der Waals surface area contributed by atoms with E-state index < -0.39 is 6.10 Å². The van der Waals surface area contributed by atoms with Crippen LogP contribution in [0.1, 0.15) is 18.1 Å². The molecule has 1 amide bonds. The van der Waals surface area contributed by atoms with Crippen LogP contribution < -0.4 is 14.2 Å². The minimum absolute atomic E-state index is 0.0456. The minimum atomic E-state index is -0.484. The number of hydrogen-bond acceptors (Lipinski definition) is 5. The number of amides is 1. The molecule has 2 aromatic carbocycles. The van der Waals surface area contributed by atoms with E-state index in [0.717, 1.165) is 42.4 Å². The molecular formula is C22H26N2O4. The van der Waals surface area contributed by atoms with Crippen LogP contribution in [0.25, 0.3) is 0 Å². The van der Waals surface area contributed by atoms with E-state index in [-0.39, 0.29) is 5.91 Å². The van der Waals surface area contributed by atoms with Crippen molar-refractivity contribution in [2.45, 2.75) is 26.5 Å². The second-order valence-electron chi connectivity index (χ2n) is 7.37. The molecule has 0 unspecified atom stereocenters. The van der Waals surface area contributed by atoms with Crippen LogP contribution in [0.3, 0.4) is 0 Å². The normalized spacial score (nSPS) is 17.4. The van der Waals surface area contributed by atoms with Gasteiger partial charge in [-0.1, -0.05) is 18.2 Å². The smallest absolute Gasteiger partial charge is 0.263 e. The molecule has 2 aromatic rings. The van der Waals surface area contributed by atoms with Crippen molar-refractivity contribution in [1.29, 1.82) is 0 Å². The molecule has 0 aromatic heterocycles. The molecule has 2 heterocycles. The molecule has 1 saturated heterocycles. The Morgan fingerprint density at radius 2 is 1.86 bits per heavy atom. The lowest BCUT2D eigenvalue weighted by atomic mass is 10.1. The first-order valence-electron chi connectivity index (χ1n) is 9.71. The van der Waals surface area contributed by atoms with Crippen LogP contribution in [-0.2, 0) is 11.3 Å². The lowest BCUT2D eigenvalue weighted by Gasteiger charge is -2.36. The van der Waals surface area contributed by atoms with E-state index in [1.165, 1.54) is 5.56 Å². The Morgan fingerprint density at radius 1 is 1.07 bits per heavy atom.